The Bertz CT molecular complexity index is 222. The average molecular weight is 139 g/mol. The van der Waals surface area contributed by atoms with Gasteiger partial charge in [-0.25, -0.2) is 9.78 Å². The molecule has 0 bridgehead atoms. The Morgan fingerprint density at radius 1 is 1.70 bits per heavy atom. The summed E-state index contributed by atoms with van der Waals surface area (Å²) in [6, 6.07) is -0.678. The molecule has 2 amide bonds. The van der Waals surface area contributed by atoms with E-state index in [2.05, 4.69) is 20.5 Å². The van der Waals surface area contributed by atoms with E-state index in [4.69, 9.17) is 5.73 Å². The van der Waals surface area contributed by atoms with Crippen molar-refractivity contribution in [1.82, 2.24) is 15.2 Å². The van der Waals surface area contributed by atoms with E-state index in [-0.39, 0.29) is 5.82 Å². The fourth-order valence-corrected chi connectivity index (χ4v) is 0.431. The molecule has 52 valence electrons. The van der Waals surface area contributed by atoms with Crippen LogP contribution in [0.1, 0.15) is 0 Å². The van der Waals surface area contributed by atoms with Gasteiger partial charge < -0.3 is 5.73 Å². The first-order chi connectivity index (χ1) is 4.79. The number of hydrogen-bond acceptors (Lipinski definition) is 4. The van der Waals surface area contributed by atoms with Gasteiger partial charge in [-0.3, -0.25) is 5.32 Å². The van der Waals surface area contributed by atoms with E-state index in [0.29, 0.717) is 0 Å². The summed E-state index contributed by atoms with van der Waals surface area (Å²) >= 11 is 0. The summed E-state index contributed by atoms with van der Waals surface area (Å²) < 4.78 is 0. The molecule has 0 aliphatic heterocycles. The van der Waals surface area contributed by atoms with Crippen LogP contribution in [0.15, 0.2) is 12.5 Å². The Hall–Kier alpha value is -1.72. The molecule has 0 saturated carbocycles. The number of rotatable bonds is 1. The number of aromatic nitrogens is 3. The van der Waals surface area contributed by atoms with Crippen LogP contribution in [0.2, 0.25) is 0 Å². The molecule has 1 aromatic rings. The van der Waals surface area contributed by atoms with Crippen LogP contribution in [0.5, 0.6) is 0 Å². The van der Waals surface area contributed by atoms with Crippen LogP contribution >= 0.6 is 0 Å². The average Bonchev–Trinajstić information content (AvgIpc) is 1.88. The van der Waals surface area contributed by atoms with Gasteiger partial charge in [0.1, 0.15) is 6.33 Å². The van der Waals surface area contributed by atoms with Crippen molar-refractivity contribution < 1.29 is 4.79 Å². The zero-order chi connectivity index (χ0) is 7.40. The summed E-state index contributed by atoms with van der Waals surface area (Å²) in [6.07, 6.45) is 2.60. The van der Waals surface area contributed by atoms with Gasteiger partial charge in [-0.15, -0.1) is 10.2 Å². The molecule has 1 aromatic heterocycles. The summed E-state index contributed by atoms with van der Waals surface area (Å²) in [6.45, 7) is 0. The largest absolute Gasteiger partial charge is 0.351 e. The number of nitrogens with two attached hydrogens (primary N) is 1. The van der Waals surface area contributed by atoms with Gasteiger partial charge in [0.2, 0.25) is 0 Å². The van der Waals surface area contributed by atoms with Crippen LogP contribution in [0.4, 0.5) is 10.6 Å². The molecule has 10 heavy (non-hydrogen) atoms. The normalized spacial score (nSPS) is 8.80. The predicted octanol–water partition coefficient (Wildman–Crippen LogP) is -0.638. The molecular formula is C4H5N5O. The molecular weight excluding hydrogens is 134 g/mol. The SMILES string of the molecule is NC(=O)Nc1cncnn1. The number of amides is 2. The highest BCUT2D eigenvalue weighted by molar-refractivity contribution is 5.86. The number of hydrogen-bond donors (Lipinski definition) is 2. The van der Waals surface area contributed by atoms with Crippen molar-refractivity contribution in [3.63, 3.8) is 0 Å². The smallest absolute Gasteiger partial charge is 0.317 e. The van der Waals surface area contributed by atoms with Gasteiger partial charge >= 0.3 is 6.03 Å². The molecule has 6 nitrogen and oxygen atoms in total. The minimum atomic E-state index is -0.678. The van der Waals surface area contributed by atoms with Crippen molar-refractivity contribution in [3.05, 3.63) is 12.5 Å². The Morgan fingerprint density at radius 3 is 3.00 bits per heavy atom. The van der Waals surface area contributed by atoms with Crippen molar-refractivity contribution in [2.24, 2.45) is 5.73 Å². The maximum atomic E-state index is 10.2. The first kappa shape index (κ1) is 6.40. The zero-order valence-corrected chi connectivity index (χ0v) is 4.98. The first-order valence-corrected chi connectivity index (χ1v) is 2.48. The summed E-state index contributed by atoms with van der Waals surface area (Å²) in [7, 11) is 0. The molecule has 0 fully saturated rings. The zero-order valence-electron chi connectivity index (χ0n) is 4.98. The van der Waals surface area contributed by atoms with E-state index >= 15 is 0 Å². The van der Waals surface area contributed by atoms with Gasteiger partial charge in [-0.2, -0.15) is 0 Å². The monoisotopic (exact) mass is 139 g/mol. The molecule has 3 N–H and O–H groups in total. The van der Waals surface area contributed by atoms with Gasteiger partial charge in [0.15, 0.2) is 5.82 Å². The van der Waals surface area contributed by atoms with Crippen molar-refractivity contribution in [2.75, 3.05) is 5.32 Å². The highest BCUT2D eigenvalue weighted by atomic mass is 16.2. The van der Waals surface area contributed by atoms with E-state index in [1.807, 2.05) is 0 Å². The molecule has 0 spiro atoms. The Morgan fingerprint density at radius 2 is 2.50 bits per heavy atom. The lowest BCUT2D eigenvalue weighted by atomic mass is 10.7. The van der Waals surface area contributed by atoms with Gasteiger partial charge in [-0.05, 0) is 0 Å². The third kappa shape index (κ3) is 1.66. The molecule has 0 unspecified atom stereocenters. The van der Waals surface area contributed by atoms with Crippen molar-refractivity contribution in [2.45, 2.75) is 0 Å². The van der Waals surface area contributed by atoms with Crippen LogP contribution in [0.25, 0.3) is 0 Å². The topological polar surface area (TPSA) is 93.8 Å². The van der Waals surface area contributed by atoms with Crippen LogP contribution < -0.4 is 11.1 Å². The fourth-order valence-electron chi connectivity index (χ4n) is 0.431. The van der Waals surface area contributed by atoms with E-state index in [1.54, 1.807) is 0 Å². The van der Waals surface area contributed by atoms with E-state index in [9.17, 15) is 4.79 Å². The summed E-state index contributed by atoms with van der Waals surface area (Å²) in [5.41, 5.74) is 4.78. The quantitative estimate of drug-likeness (QED) is 0.541. The fraction of sp³-hybridized carbons (Fsp3) is 0. The second kappa shape index (κ2) is 2.72. The number of primary amides is 1. The highest BCUT2D eigenvalue weighted by Crippen LogP contribution is 1.92. The number of nitrogens with one attached hydrogen (secondary N) is 1. The van der Waals surface area contributed by atoms with Crippen LogP contribution in [0, 0.1) is 0 Å². The summed E-state index contributed by atoms with van der Waals surface area (Å²) in [5, 5.41) is 9.11. The first-order valence-electron chi connectivity index (χ1n) is 2.48. The van der Waals surface area contributed by atoms with E-state index in [0.717, 1.165) is 0 Å². The van der Waals surface area contributed by atoms with Gasteiger partial charge in [-0.1, -0.05) is 0 Å². The minimum Gasteiger partial charge on any atom is -0.351 e. The number of anilines is 1. The summed E-state index contributed by atoms with van der Waals surface area (Å²) in [5.74, 6) is 0.245. The maximum Gasteiger partial charge on any atom is 0.317 e. The highest BCUT2D eigenvalue weighted by Gasteiger charge is 1.94. The van der Waals surface area contributed by atoms with Crippen LogP contribution in [-0.4, -0.2) is 21.2 Å². The van der Waals surface area contributed by atoms with Gasteiger partial charge in [0.25, 0.3) is 0 Å². The molecule has 0 saturated heterocycles. The molecule has 1 rings (SSSR count). The van der Waals surface area contributed by atoms with Crippen molar-refractivity contribution in [1.29, 1.82) is 0 Å². The second-order valence-corrected chi connectivity index (χ2v) is 1.48. The third-order valence-corrected chi connectivity index (χ3v) is 0.732. The molecule has 0 atom stereocenters. The number of carbonyl (C=O) groups excluding carboxylic acids is 1. The Labute approximate surface area is 56.5 Å². The maximum absolute atomic E-state index is 10.2. The van der Waals surface area contributed by atoms with Crippen LogP contribution in [0.3, 0.4) is 0 Å². The van der Waals surface area contributed by atoms with Crippen molar-refractivity contribution in [3.8, 4) is 0 Å². The Balaban J connectivity index is 2.67. The van der Waals surface area contributed by atoms with Gasteiger partial charge in [0.05, 0.1) is 6.20 Å². The van der Waals surface area contributed by atoms with E-state index < -0.39 is 6.03 Å². The lowest BCUT2D eigenvalue weighted by molar-refractivity contribution is 0.259. The second-order valence-electron chi connectivity index (χ2n) is 1.48. The predicted molar refractivity (Wildman–Crippen MR) is 33.0 cm³/mol. The van der Waals surface area contributed by atoms with Gasteiger partial charge in [0, 0.05) is 0 Å². The standard InChI is InChI=1S/C4H5N5O/c5-4(10)8-3-1-6-2-7-9-3/h1-2H,(H3,5,8,9,10). The van der Waals surface area contributed by atoms with Crippen molar-refractivity contribution >= 4 is 11.8 Å². The van der Waals surface area contributed by atoms with Crippen LogP contribution in [-0.2, 0) is 0 Å². The molecule has 1 heterocycles. The molecule has 6 heteroatoms. The third-order valence-electron chi connectivity index (χ3n) is 0.732. The lowest BCUT2D eigenvalue weighted by Crippen LogP contribution is -2.20. The summed E-state index contributed by atoms with van der Waals surface area (Å²) in [4.78, 5) is 13.8. The minimum absolute atomic E-state index is 0.245. The lowest BCUT2D eigenvalue weighted by Gasteiger charge is -1.94. The Kier molecular flexibility index (Phi) is 1.74. The molecule has 0 aliphatic carbocycles. The molecule has 0 aliphatic rings. The number of urea groups is 1. The number of carbonyl (C=O) groups is 1. The molecule has 0 aromatic carbocycles. The van der Waals surface area contributed by atoms with E-state index in [1.165, 1.54) is 12.5 Å². The molecule has 0 radical (unpaired) electrons. The number of nitrogens with zero attached hydrogens (tertiary/aromatic N) is 3.